The summed E-state index contributed by atoms with van der Waals surface area (Å²) < 4.78 is 5.27. The molecular formula is C32H63NO2. The van der Waals surface area contributed by atoms with E-state index in [1.54, 1.807) is 0 Å². The molecule has 0 amide bonds. The quantitative estimate of drug-likeness (QED) is 0.0647. The molecular weight excluding hydrogens is 430 g/mol. The molecule has 0 radical (unpaired) electrons. The maximum absolute atomic E-state index is 11.8. The van der Waals surface area contributed by atoms with E-state index in [1.807, 2.05) is 6.08 Å². The fourth-order valence-electron chi connectivity index (χ4n) is 4.75. The summed E-state index contributed by atoms with van der Waals surface area (Å²) in [6, 6.07) is 0. The molecule has 0 aromatic heterocycles. The lowest BCUT2D eigenvalue weighted by Crippen LogP contribution is -2.17. The third kappa shape index (κ3) is 27.6. The number of esters is 1. The molecule has 0 aliphatic rings. The van der Waals surface area contributed by atoms with E-state index in [9.17, 15) is 4.79 Å². The van der Waals surface area contributed by atoms with Gasteiger partial charge in [0, 0.05) is 6.42 Å². The van der Waals surface area contributed by atoms with E-state index in [4.69, 9.17) is 4.74 Å². The number of rotatable bonds is 27. The number of ether oxygens (including phenoxy) is 1. The molecule has 0 saturated heterocycles. The Hall–Kier alpha value is -0.830. The molecule has 0 fully saturated rings. The van der Waals surface area contributed by atoms with Gasteiger partial charge in [0.1, 0.15) is 6.61 Å². The maximum atomic E-state index is 11.8. The van der Waals surface area contributed by atoms with Crippen LogP contribution in [0.2, 0.25) is 0 Å². The number of allylic oxidation sites excluding steroid dienone is 1. The van der Waals surface area contributed by atoms with Crippen molar-refractivity contribution in [3.8, 4) is 0 Å². The lowest BCUT2D eigenvalue weighted by Gasteiger charge is -2.19. The first-order valence-electron chi connectivity index (χ1n) is 15.5. The molecule has 0 bridgehead atoms. The van der Waals surface area contributed by atoms with Crippen LogP contribution in [0.1, 0.15) is 155 Å². The van der Waals surface area contributed by atoms with Gasteiger partial charge >= 0.3 is 5.97 Å². The minimum atomic E-state index is -0.0366. The van der Waals surface area contributed by atoms with Gasteiger partial charge in [-0.3, -0.25) is 4.79 Å². The summed E-state index contributed by atoms with van der Waals surface area (Å²) in [5, 5.41) is 0. The van der Waals surface area contributed by atoms with Crippen LogP contribution in [0.5, 0.6) is 0 Å². The highest BCUT2D eigenvalue weighted by Gasteiger charge is 2.09. The molecule has 0 aliphatic carbocycles. The molecule has 0 aromatic carbocycles. The van der Waals surface area contributed by atoms with Crippen molar-refractivity contribution in [2.75, 3.05) is 27.2 Å². The SMILES string of the molecule is CCCC/C=C\COC(=O)CCCCCCCCCCC(CCCCCCCCC)CCN(C)C. The van der Waals surface area contributed by atoms with Gasteiger partial charge in [-0.15, -0.1) is 0 Å². The maximum Gasteiger partial charge on any atom is 0.306 e. The van der Waals surface area contributed by atoms with Gasteiger partial charge in [0.25, 0.3) is 0 Å². The van der Waals surface area contributed by atoms with Crippen LogP contribution in [0.4, 0.5) is 0 Å². The first-order chi connectivity index (χ1) is 17.1. The van der Waals surface area contributed by atoms with Gasteiger partial charge in [-0.05, 0) is 45.8 Å². The van der Waals surface area contributed by atoms with E-state index in [-0.39, 0.29) is 5.97 Å². The van der Waals surface area contributed by atoms with Gasteiger partial charge in [0.15, 0.2) is 0 Å². The van der Waals surface area contributed by atoms with Crippen LogP contribution in [0.15, 0.2) is 12.2 Å². The van der Waals surface area contributed by atoms with Crippen LogP contribution in [0.25, 0.3) is 0 Å². The van der Waals surface area contributed by atoms with E-state index in [0.29, 0.717) is 13.0 Å². The zero-order valence-corrected chi connectivity index (χ0v) is 24.5. The lowest BCUT2D eigenvalue weighted by molar-refractivity contribution is -0.142. The Kier molecular flexibility index (Phi) is 27.1. The van der Waals surface area contributed by atoms with Gasteiger partial charge in [0.05, 0.1) is 0 Å². The predicted octanol–water partition coefficient (Wildman–Crippen LogP) is 9.89. The van der Waals surface area contributed by atoms with Gasteiger partial charge in [0.2, 0.25) is 0 Å². The highest BCUT2D eigenvalue weighted by molar-refractivity contribution is 5.69. The number of carbonyl (C=O) groups is 1. The molecule has 1 unspecified atom stereocenters. The van der Waals surface area contributed by atoms with E-state index in [2.05, 4.69) is 38.9 Å². The molecule has 1 atom stereocenters. The second-order valence-corrected chi connectivity index (χ2v) is 11.0. The van der Waals surface area contributed by atoms with E-state index < -0.39 is 0 Å². The standard InChI is InChI=1S/C32H63NO2/c1-5-7-9-11-14-17-21-25-31(28-29-33(3)4)26-22-18-15-12-13-16-19-23-27-32(34)35-30-24-20-10-8-6-2/h20,24,31H,5-19,21-23,25-30H2,1-4H3/b24-20-. The van der Waals surface area contributed by atoms with Crippen LogP contribution in [-0.2, 0) is 9.53 Å². The van der Waals surface area contributed by atoms with Crippen molar-refractivity contribution < 1.29 is 9.53 Å². The van der Waals surface area contributed by atoms with Crippen molar-refractivity contribution in [3.63, 3.8) is 0 Å². The van der Waals surface area contributed by atoms with E-state index in [0.717, 1.165) is 25.2 Å². The molecule has 0 spiro atoms. The average molecular weight is 494 g/mol. The predicted molar refractivity (Wildman–Crippen MR) is 155 cm³/mol. The number of nitrogens with zero attached hydrogens (tertiary/aromatic N) is 1. The van der Waals surface area contributed by atoms with Crippen LogP contribution in [0, 0.1) is 5.92 Å². The largest absolute Gasteiger partial charge is 0.461 e. The number of hydrogen-bond acceptors (Lipinski definition) is 3. The highest BCUT2D eigenvalue weighted by Crippen LogP contribution is 2.22. The van der Waals surface area contributed by atoms with Crippen LogP contribution in [0.3, 0.4) is 0 Å². The molecule has 0 saturated carbocycles. The molecule has 3 heteroatoms. The number of hydrogen-bond donors (Lipinski definition) is 0. The lowest BCUT2D eigenvalue weighted by atomic mass is 9.91. The van der Waals surface area contributed by atoms with Gasteiger partial charge in [-0.25, -0.2) is 0 Å². The Morgan fingerprint density at radius 1 is 0.657 bits per heavy atom. The fourth-order valence-corrected chi connectivity index (χ4v) is 4.75. The molecule has 0 aliphatic heterocycles. The Bertz CT molecular complexity index is 460. The molecule has 0 rings (SSSR count). The Morgan fingerprint density at radius 3 is 1.71 bits per heavy atom. The van der Waals surface area contributed by atoms with Crippen molar-refractivity contribution >= 4 is 5.97 Å². The summed E-state index contributed by atoms with van der Waals surface area (Å²) in [6.07, 6.45) is 32.6. The minimum absolute atomic E-state index is 0.0366. The topological polar surface area (TPSA) is 29.5 Å². The zero-order valence-electron chi connectivity index (χ0n) is 24.5. The molecule has 0 aromatic rings. The summed E-state index contributed by atoms with van der Waals surface area (Å²) in [5.41, 5.74) is 0. The first-order valence-corrected chi connectivity index (χ1v) is 15.5. The summed E-state index contributed by atoms with van der Waals surface area (Å²) in [5.74, 6) is 0.894. The van der Waals surface area contributed by atoms with Crippen LogP contribution < -0.4 is 0 Å². The van der Waals surface area contributed by atoms with Crippen LogP contribution >= 0.6 is 0 Å². The zero-order chi connectivity index (χ0) is 25.8. The summed E-state index contributed by atoms with van der Waals surface area (Å²) >= 11 is 0. The van der Waals surface area contributed by atoms with Crippen molar-refractivity contribution in [1.29, 1.82) is 0 Å². The summed E-state index contributed by atoms with van der Waals surface area (Å²) in [4.78, 5) is 14.1. The monoisotopic (exact) mass is 493 g/mol. The number of unbranched alkanes of at least 4 members (excludes halogenated alkanes) is 15. The molecule has 208 valence electrons. The van der Waals surface area contributed by atoms with E-state index >= 15 is 0 Å². The second kappa shape index (κ2) is 27.8. The smallest absolute Gasteiger partial charge is 0.306 e. The van der Waals surface area contributed by atoms with Crippen molar-refractivity contribution in [2.45, 2.75) is 155 Å². The normalized spacial score (nSPS) is 12.6. The third-order valence-corrected chi connectivity index (χ3v) is 7.18. The van der Waals surface area contributed by atoms with Crippen molar-refractivity contribution in [3.05, 3.63) is 12.2 Å². The van der Waals surface area contributed by atoms with Crippen LogP contribution in [-0.4, -0.2) is 38.1 Å². The number of carbonyl (C=O) groups excluding carboxylic acids is 1. The second-order valence-electron chi connectivity index (χ2n) is 11.0. The highest BCUT2D eigenvalue weighted by atomic mass is 16.5. The Morgan fingerprint density at radius 2 is 1.17 bits per heavy atom. The fraction of sp³-hybridized carbons (Fsp3) is 0.906. The van der Waals surface area contributed by atoms with Gasteiger partial charge in [-0.2, -0.15) is 0 Å². The van der Waals surface area contributed by atoms with Crippen molar-refractivity contribution in [1.82, 2.24) is 4.90 Å². The third-order valence-electron chi connectivity index (χ3n) is 7.18. The summed E-state index contributed by atoms with van der Waals surface area (Å²) in [7, 11) is 4.42. The van der Waals surface area contributed by atoms with Gasteiger partial charge in [-0.1, -0.05) is 142 Å². The molecule has 0 heterocycles. The first kappa shape index (κ1) is 34.2. The molecule has 3 nitrogen and oxygen atoms in total. The average Bonchev–Trinajstić information content (AvgIpc) is 2.84. The Labute approximate surface area is 220 Å². The molecule has 0 N–H and O–H groups in total. The Balaban J connectivity index is 3.64. The summed E-state index contributed by atoms with van der Waals surface area (Å²) in [6.45, 7) is 6.17. The van der Waals surface area contributed by atoms with E-state index in [1.165, 1.54) is 122 Å². The van der Waals surface area contributed by atoms with Crippen molar-refractivity contribution in [2.24, 2.45) is 5.92 Å². The molecule has 35 heavy (non-hydrogen) atoms. The van der Waals surface area contributed by atoms with Gasteiger partial charge < -0.3 is 9.64 Å². The minimum Gasteiger partial charge on any atom is -0.461 e.